The van der Waals surface area contributed by atoms with Crippen LogP contribution in [0.15, 0.2) is 94.9 Å². The standard InChI is InChI=1S/C21H14ClNO3S/c22-16-9-6-10-17(13-16)23-14-20(21(24)15-7-2-1-3-8-15)27(25,26)19-12-5-4-11-18(19)23/h1-14H. The van der Waals surface area contributed by atoms with Gasteiger partial charge in [0.15, 0.2) is 0 Å². The second-order valence-electron chi connectivity index (χ2n) is 6.01. The molecule has 27 heavy (non-hydrogen) atoms. The Morgan fingerprint density at radius 1 is 0.852 bits per heavy atom. The molecule has 4 rings (SSSR count). The minimum Gasteiger partial charge on any atom is -0.314 e. The summed E-state index contributed by atoms with van der Waals surface area (Å²) in [7, 11) is -3.94. The highest BCUT2D eigenvalue weighted by atomic mass is 35.5. The van der Waals surface area contributed by atoms with Crippen molar-refractivity contribution in [2.45, 2.75) is 4.90 Å². The number of nitrogens with zero attached hydrogens (tertiary/aromatic N) is 1. The van der Waals surface area contributed by atoms with Gasteiger partial charge < -0.3 is 4.90 Å². The zero-order valence-electron chi connectivity index (χ0n) is 14.0. The van der Waals surface area contributed by atoms with Gasteiger partial charge in [-0.2, -0.15) is 0 Å². The molecule has 0 radical (unpaired) electrons. The van der Waals surface area contributed by atoms with Gasteiger partial charge in [0, 0.05) is 22.5 Å². The Kier molecular flexibility index (Phi) is 4.34. The van der Waals surface area contributed by atoms with E-state index in [4.69, 9.17) is 11.6 Å². The highest BCUT2D eigenvalue weighted by Gasteiger charge is 2.35. The van der Waals surface area contributed by atoms with E-state index in [1.165, 1.54) is 12.3 Å². The number of rotatable bonds is 3. The number of anilines is 2. The van der Waals surface area contributed by atoms with Crippen molar-refractivity contribution in [1.82, 2.24) is 0 Å². The molecule has 4 nitrogen and oxygen atoms in total. The number of sulfone groups is 1. The number of carbonyl (C=O) groups is 1. The molecule has 1 aliphatic heterocycles. The number of allylic oxidation sites excluding steroid dienone is 1. The normalized spacial score (nSPS) is 15.0. The zero-order valence-corrected chi connectivity index (χ0v) is 15.6. The molecule has 0 saturated heterocycles. The summed E-state index contributed by atoms with van der Waals surface area (Å²) in [6.45, 7) is 0. The number of para-hydroxylation sites is 1. The topological polar surface area (TPSA) is 54.5 Å². The fourth-order valence-corrected chi connectivity index (χ4v) is 4.74. The van der Waals surface area contributed by atoms with Gasteiger partial charge in [-0.15, -0.1) is 0 Å². The van der Waals surface area contributed by atoms with Gasteiger partial charge in [0.1, 0.15) is 4.91 Å². The summed E-state index contributed by atoms with van der Waals surface area (Å²) in [4.78, 5) is 14.5. The first-order valence-corrected chi connectivity index (χ1v) is 10.0. The molecule has 3 aromatic rings. The van der Waals surface area contributed by atoms with Crippen LogP contribution in [0.4, 0.5) is 11.4 Å². The van der Waals surface area contributed by atoms with Crippen molar-refractivity contribution in [2.24, 2.45) is 0 Å². The van der Waals surface area contributed by atoms with Crippen LogP contribution in [0.1, 0.15) is 10.4 Å². The van der Waals surface area contributed by atoms with Crippen molar-refractivity contribution in [1.29, 1.82) is 0 Å². The monoisotopic (exact) mass is 395 g/mol. The molecule has 0 spiro atoms. The summed E-state index contributed by atoms with van der Waals surface area (Å²) in [6, 6.07) is 22.0. The number of Topliss-reactive ketones (excluding diaryl/α,β-unsaturated/α-hetero) is 1. The molecule has 0 amide bonds. The molecule has 1 heterocycles. The number of carbonyl (C=O) groups excluding carboxylic acids is 1. The first-order valence-electron chi connectivity index (χ1n) is 8.19. The van der Waals surface area contributed by atoms with E-state index in [9.17, 15) is 13.2 Å². The molecule has 134 valence electrons. The minimum absolute atomic E-state index is 0.0896. The van der Waals surface area contributed by atoms with Crippen LogP contribution in [-0.4, -0.2) is 14.2 Å². The van der Waals surface area contributed by atoms with Crippen LogP contribution < -0.4 is 4.90 Å². The SMILES string of the molecule is O=C(C1=CN(c2cccc(Cl)c2)c2ccccc2S1(=O)=O)c1ccccc1. The van der Waals surface area contributed by atoms with E-state index in [-0.39, 0.29) is 9.80 Å². The minimum atomic E-state index is -3.94. The Hall–Kier alpha value is -2.89. The quantitative estimate of drug-likeness (QED) is 0.586. The van der Waals surface area contributed by atoms with Crippen LogP contribution in [0.2, 0.25) is 5.02 Å². The van der Waals surface area contributed by atoms with Crippen molar-refractivity contribution in [3.05, 3.63) is 101 Å². The Labute approximate surface area is 162 Å². The molecule has 1 aliphatic rings. The van der Waals surface area contributed by atoms with E-state index in [0.29, 0.717) is 22.0 Å². The van der Waals surface area contributed by atoms with Crippen LogP contribution in [0.25, 0.3) is 0 Å². The summed E-state index contributed by atoms with van der Waals surface area (Å²) in [5, 5.41) is 0.516. The predicted molar refractivity (Wildman–Crippen MR) is 106 cm³/mol. The van der Waals surface area contributed by atoms with Crippen LogP contribution >= 0.6 is 11.6 Å². The maximum Gasteiger partial charge on any atom is 0.214 e. The van der Waals surface area contributed by atoms with E-state index >= 15 is 0 Å². The molecule has 0 fully saturated rings. The van der Waals surface area contributed by atoms with Crippen LogP contribution in [0, 0.1) is 0 Å². The largest absolute Gasteiger partial charge is 0.314 e. The number of hydrogen-bond donors (Lipinski definition) is 0. The molecule has 0 N–H and O–H groups in total. The lowest BCUT2D eigenvalue weighted by atomic mass is 10.1. The first kappa shape index (κ1) is 17.5. The van der Waals surface area contributed by atoms with Crippen LogP contribution in [0.5, 0.6) is 0 Å². The summed E-state index contributed by atoms with van der Waals surface area (Å²) < 4.78 is 26.2. The van der Waals surface area contributed by atoms with Crippen molar-refractivity contribution in [3.8, 4) is 0 Å². The smallest absolute Gasteiger partial charge is 0.214 e. The second-order valence-corrected chi connectivity index (χ2v) is 8.33. The lowest BCUT2D eigenvalue weighted by Gasteiger charge is -2.29. The summed E-state index contributed by atoms with van der Waals surface area (Å²) >= 11 is 6.11. The third kappa shape index (κ3) is 3.05. The Balaban J connectivity index is 1.94. The van der Waals surface area contributed by atoms with Gasteiger partial charge >= 0.3 is 0 Å². The maximum absolute atomic E-state index is 13.1. The molecule has 0 aromatic heterocycles. The van der Waals surface area contributed by atoms with Gasteiger partial charge in [-0.1, -0.05) is 60.1 Å². The fourth-order valence-electron chi connectivity index (χ4n) is 3.01. The summed E-state index contributed by atoms with van der Waals surface area (Å²) in [6.07, 6.45) is 1.37. The van der Waals surface area contributed by atoms with E-state index in [1.54, 1.807) is 71.6 Å². The van der Waals surface area contributed by atoms with Crippen molar-refractivity contribution >= 4 is 38.6 Å². The molecule has 0 atom stereocenters. The zero-order chi connectivity index (χ0) is 19.0. The molecule has 0 unspecified atom stereocenters. The molecule has 0 aliphatic carbocycles. The van der Waals surface area contributed by atoms with E-state index in [0.717, 1.165) is 0 Å². The average molecular weight is 396 g/mol. The van der Waals surface area contributed by atoms with Gasteiger partial charge in [0.2, 0.25) is 15.6 Å². The molecular formula is C21H14ClNO3S. The predicted octanol–water partition coefficient (Wildman–Crippen LogP) is 4.99. The highest BCUT2D eigenvalue weighted by molar-refractivity contribution is 7.96. The van der Waals surface area contributed by atoms with Gasteiger partial charge in [-0.25, -0.2) is 8.42 Å². The van der Waals surface area contributed by atoms with Crippen molar-refractivity contribution in [3.63, 3.8) is 0 Å². The lowest BCUT2D eigenvalue weighted by Crippen LogP contribution is -2.25. The summed E-state index contributed by atoms with van der Waals surface area (Å²) in [5.74, 6) is -0.544. The van der Waals surface area contributed by atoms with Gasteiger partial charge in [-0.3, -0.25) is 4.79 Å². The maximum atomic E-state index is 13.1. The number of benzene rings is 3. The van der Waals surface area contributed by atoms with Crippen LogP contribution in [0.3, 0.4) is 0 Å². The highest BCUT2D eigenvalue weighted by Crippen LogP contribution is 2.40. The van der Waals surface area contributed by atoms with Crippen LogP contribution in [-0.2, 0) is 9.84 Å². The molecule has 6 heteroatoms. The fraction of sp³-hybridized carbons (Fsp3) is 0. The number of halogens is 1. The van der Waals surface area contributed by atoms with Gasteiger partial charge in [0.25, 0.3) is 0 Å². The second kappa shape index (κ2) is 6.68. The Morgan fingerprint density at radius 2 is 1.56 bits per heavy atom. The van der Waals surface area contributed by atoms with E-state index in [1.807, 2.05) is 6.07 Å². The molecule has 3 aromatic carbocycles. The third-order valence-corrected chi connectivity index (χ3v) is 6.33. The Bertz CT molecular complexity index is 1170. The molecule has 0 saturated carbocycles. The third-order valence-electron chi connectivity index (χ3n) is 4.30. The number of hydrogen-bond acceptors (Lipinski definition) is 4. The number of ketones is 1. The van der Waals surface area contributed by atoms with E-state index < -0.39 is 15.6 Å². The average Bonchev–Trinajstić information content (AvgIpc) is 2.68. The van der Waals surface area contributed by atoms with E-state index in [2.05, 4.69) is 0 Å². The lowest BCUT2D eigenvalue weighted by molar-refractivity contribution is 0.104. The number of fused-ring (bicyclic) bond motifs is 1. The summed E-state index contributed by atoms with van der Waals surface area (Å²) in [5.41, 5.74) is 1.46. The van der Waals surface area contributed by atoms with Crippen molar-refractivity contribution in [2.75, 3.05) is 4.90 Å². The molecular weight excluding hydrogens is 382 g/mol. The Morgan fingerprint density at radius 3 is 2.30 bits per heavy atom. The van der Waals surface area contributed by atoms with Gasteiger partial charge in [-0.05, 0) is 30.3 Å². The molecule has 0 bridgehead atoms. The van der Waals surface area contributed by atoms with Gasteiger partial charge in [0.05, 0.1) is 10.6 Å². The first-order chi connectivity index (χ1) is 13.0. The van der Waals surface area contributed by atoms with Crippen molar-refractivity contribution < 1.29 is 13.2 Å².